The minimum Gasteiger partial charge on any atom is -0.323 e. The number of anilines is 1. The molecule has 3 aromatic rings. The molecule has 6 nitrogen and oxygen atoms in total. The van der Waals surface area contributed by atoms with E-state index in [0.29, 0.717) is 29.0 Å². The van der Waals surface area contributed by atoms with Crippen molar-refractivity contribution in [2.45, 2.75) is 66.0 Å². The van der Waals surface area contributed by atoms with E-state index in [9.17, 15) is 9.59 Å². The number of hydrogen-bond donors (Lipinski definition) is 1. The molecule has 2 aromatic heterocycles. The summed E-state index contributed by atoms with van der Waals surface area (Å²) in [4.78, 5) is 36.4. The number of fused-ring (bicyclic) bond motifs is 3. The fourth-order valence-corrected chi connectivity index (χ4v) is 7.05. The van der Waals surface area contributed by atoms with Crippen LogP contribution < -0.4 is 10.9 Å². The van der Waals surface area contributed by atoms with E-state index in [2.05, 4.69) is 17.1 Å². The molecule has 1 aliphatic heterocycles. The summed E-state index contributed by atoms with van der Waals surface area (Å²) in [6, 6.07) is 3.82. The smallest absolute Gasteiger partial charge is 0.263 e. The van der Waals surface area contributed by atoms with Gasteiger partial charge in [-0.1, -0.05) is 24.6 Å². The maximum absolute atomic E-state index is 13.8. The SMILES string of the molecule is Cc1cc(C)c(NC(=O)Cn2c(CN3CCCC3)nc3sc4c(c3c2=O)CC[C@H](C)C4)c(Cl)c1. The summed E-state index contributed by atoms with van der Waals surface area (Å²) >= 11 is 8.08. The van der Waals surface area contributed by atoms with E-state index < -0.39 is 0 Å². The van der Waals surface area contributed by atoms with Gasteiger partial charge in [-0.2, -0.15) is 0 Å². The first-order valence-corrected chi connectivity index (χ1v) is 13.3. The second kappa shape index (κ2) is 9.44. The van der Waals surface area contributed by atoms with Gasteiger partial charge in [-0.25, -0.2) is 4.98 Å². The minimum absolute atomic E-state index is 0.0738. The number of halogens is 1. The molecule has 0 bridgehead atoms. The van der Waals surface area contributed by atoms with Gasteiger partial charge in [0.2, 0.25) is 5.91 Å². The van der Waals surface area contributed by atoms with Crippen LogP contribution in [-0.4, -0.2) is 33.4 Å². The number of nitrogens with one attached hydrogen (secondary N) is 1. The van der Waals surface area contributed by atoms with Gasteiger partial charge >= 0.3 is 0 Å². The number of benzene rings is 1. The Morgan fingerprint density at radius 2 is 2.03 bits per heavy atom. The van der Waals surface area contributed by atoms with E-state index >= 15 is 0 Å². The number of carbonyl (C=O) groups is 1. The van der Waals surface area contributed by atoms with Crippen molar-refractivity contribution in [3.05, 3.63) is 54.9 Å². The molecular weight excluding hydrogens is 468 g/mol. The van der Waals surface area contributed by atoms with Crippen molar-refractivity contribution >= 4 is 44.7 Å². The molecule has 180 valence electrons. The lowest BCUT2D eigenvalue weighted by Crippen LogP contribution is -2.34. The fourth-order valence-electron chi connectivity index (χ4n) is 5.29. The zero-order valence-corrected chi connectivity index (χ0v) is 21.6. The first-order valence-electron chi connectivity index (χ1n) is 12.1. The van der Waals surface area contributed by atoms with Gasteiger partial charge < -0.3 is 5.32 Å². The van der Waals surface area contributed by atoms with Crippen molar-refractivity contribution in [3.8, 4) is 0 Å². The number of carbonyl (C=O) groups excluding carboxylic acids is 1. The van der Waals surface area contributed by atoms with Crippen molar-refractivity contribution in [2.75, 3.05) is 18.4 Å². The fraction of sp³-hybridized carbons (Fsp3) is 0.500. The zero-order valence-electron chi connectivity index (χ0n) is 20.0. The van der Waals surface area contributed by atoms with E-state index in [1.165, 1.54) is 4.88 Å². The lowest BCUT2D eigenvalue weighted by atomic mass is 9.89. The molecule has 0 spiro atoms. The average Bonchev–Trinajstić information content (AvgIpc) is 3.40. The Kier molecular flexibility index (Phi) is 6.53. The van der Waals surface area contributed by atoms with Gasteiger partial charge in [0.05, 0.1) is 22.6 Å². The average molecular weight is 499 g/mol. The summed E-state index contributed by atoms with van der Waals surface area (Å²) in [7, 11) is 0. The van der Waals surface area contributed by atoms with E-state index in [1.807, 2.05) is 26.0 Å². The Morgan fingerprint density at radius 3 is 2.76 bits per heavy atom. The van der Waals surface area contributed by atoms with Crippen LogP contribution in [0.1, 0.15) is 53.6 Å². The number of hydrogen-bond acceptors (Lipinski definition) is 5. The summed E-state index contributed by atoms with van der Waals surface area (Å²) in [5.41, 5.74) is 3.60. The molecule has 2 aliphatic rings. The second-order valence-electron chi connectivity index (χ2n) is 9.92. The number of aromatic nitrogens is 2. The second-order valence-corrected chi connectivity index (χ2v) is 11.4. The maximum atomic E-state index is 13.8. The van der Waals surface area contributed by atoms with Crippen molar-refractivity contribution in [3.63, 3.8) is 0 Å². The highest BCUT2D eigenvalue weighted by Crippen LogP contribution is 2.36. The summed E-state index contributed by atoms with van der Waals surface area (Å²) in [6.45, 7) is 8.66. The molecule has 5 rings (SSSR count). The number of likely N-dealkylation sites (tertiary alicyclic amines) is 1. The first kappa shape index (κ1) is 23.5. The number of rotatable bonds is 5. The lowest BCUT2D eigenvalue weighted by Gasteiger charge is -2.19. The Bertz CT molecular complexity index is 1300. The topological polar surface area (TPSA) is 67.2 Å². The molecule has 0 saturated carbocycles. The standard InChI is InChI=1S/C26H31ClN4O2S/c1-15-6-7-18-20(12-15)34-25-23(18)26(33)31(21(28-25)13-30-8-4-5-9-30)14-22(32)29-24-17(3)10-16(2)11-19(24)27/h10-11,15H,4-9,12-14H2,1-3H3,(H,29,32)/t15-/m0/s1. The Morgan fingerprint density at radius 1 is 1.26 bits per heavy atom. The van der Waals surface area contributed by atoms with Crippen molar-refractivity contribution in [1.82, 2.24) is 14.5 Å². The van der Waals surface area contributed by atoms with Gasteiger partial charge in [0.15, 0.2) is 0 Å². The quantitative estimate of drug-likeness (QED) is 0.532. The van der Waals surface area contributed by atoms with E-state index in [4.69, 9.17) is 16.6 Å². The molecular formula is C26H31ClN4O2S. The molecule has 34 heavy (non-hydrogen) atoms. The van der Waals surface area contributed by atoms with Crippen LogP contribution in [0.2, 0.25) is 5.02 Å². The molecule has 1 aliphatic carbocycles. The van der Waals surface area contributed by atoms with Gasteiger partial charge in [-0.05, 0) is 87.7 Å². The third-order valence-corrected chi connectivity index (χ3v) is 8.50. The van der Waals surface area contributed by atoms with Crippen LogP contribution in [0, 0.1) is 19.8 Å². The molecule has 0 unspecified atom stereocenters. The Balaban J connectivity index is 1.53. The summed E-state index contributed by atoms with van der Waals surface area (Å²) in [6.07, 6.45) is 5.30. The Hall–Kier alpha value is -2.22. The molecule has 1 N–H and O–H groups in total. The van der Waals surface area contributed by atoms with Crippen molar-refractivity contribution in [2.24, 2.45) is 5.92 Å². The number of aryl methyl sites for hydroxylation is 3. The minimum atomic E-state index is -0.266. The van der Waals surface area contributed by atoms with E-state index in [1.54, 1.807) is 15.9 Å². The van der Waals surface area contributed by atoms with E-state index in [0.717, 1.165) is 72.1 Å². The van der Waals surface area contributed by atoms with Crippen LogP contribution in [0.5, 0.6) is 0 Å². The highest BCUT2D eigenvalue weighted by molar-refractivity contribution is 7.18. The van der Waals surface area contributed by atoms with Crippen LogP contribution in [-0.2, 0) is 30.7 Å². The Labute approximate surface area is 208 Å². The normalized spacial score (nSPS) is 18.4. The number of amides is 1. The number of thiophene rings is 1. The highest BCUT2D eigenvalue weighted by atomic mass is 35.5. The summed E-state index contributed by atoms with van der Waals surface area (Å²) < 4.78 is 1.60. The van der Waals surface area contributed by atoms with Crippen LogP contribution in [0.15, 0.2) is 16.9 Å². The van der Waals surface area contributed by atoms with Crippen LogP contribution in [0.3, 0.4) is 0 Å². The van der Waals surface area contributed by atoms with Crippen LogP contribution in [0.25, 0.3) is 10.2 Å². The molecule has 1 saturated heterocycles. The molecule has 1 aromatic carbocycles. The van der Waals surface area contributed by atoms with Crippen molar-refractivity contribution < 1.29 is 4.79 Å². The zero-order chi connectivity index (χ0) is 24.0. The third-order valence-electron chi connectivity index (χ3n) is 7.06. The van der Waals surface area contributed by atoms with E-state index in [-0.39, 0.29) is 18.0 Å². The predicted molar refractivity (Wildman–Crippen MR) is 139 cm³/mol. The molecule has 3 heterocycles. The highest BCUT2D eigenvalue weighted by Gasteiger charge is 2.26. The van der Waals surface area contributed by atoms with Gasteiger partial charge in [0.1, 0.15) is 17.2 Å². The summed E-state index contributed by atoms with van der Waals surface area (Å²) in [5.74, 6) is 1.03. The molecule has 1 fully saturated rings. The molecule has 1 amide bonds. The largest absolute Gasteiger partial charge is 0.323 e. The monoisotopic (exact) mass is 498 g/mol. The number of nitrogens with zero attached hydrogens (tertiary/aromatic N) is 3. The third kappa shape index (κ3) is 4.53. The maximum Gasteiger partial charge on any atom is 0.263 e. The van der Waals surface area contributed by atoms with Gasteiger partial charge in [-0.15, -0.1) is 11.3 Å². The summed E-state index contributed by atoms with van der Waals surface area (Å²) in [5, 5.41) is 4.16. The molecule has 1 atom stereocenters. The van der Waals surface area contributed by atoms with Crippen LogP contribution in [0.4, 0.5) is 5.69 Å². The molecule has 0 radical (unpaired) electrons. The lowest BCUT2D eigenvalue weighted by molar-refractivity contribution is -0.116. The molecule has 8 heteroatoms. The van der Waals surface area contributed by atoms with Crippen molar-refractivity contribution in [1.29, 1.82) is 0 Å². The van der Waals surface area contributed by atoms with Gasteiger partial charge in [-0.3, -0.25) is 19.1 Å². The predicted octanol–water partition coefficient (Wildman–Crippen LogP) is 5.09. The first-order chi connectivity index (χ1) is 16.3. The van der Waals surface area contributed by atoms with Gasteiger partial charge in [0.25, 0.3) is 5.56 Å². The van der Waals surface area contributed by atoms with Gasteiger partial charge in [0, 0.05) is 4.88 Å². The van der Waals surface area contributed by atoms with Crippen LogP contribution >= 0.6 is 22.9 Å².